The summed E-state index contributed by atoms with van der Waals surface area (Å²) in [4.78, 5) is 14.4. The fourth-order valence-corrected chi connectivity index (χ4v) is 4.11. The molecule has 3 rings (SSSR count). The molecule has 8 heteroatoms. The second-order valence-electron chi connectivity index (χ2n) is 3.98. The third-order valence-electron chi connectivity index (χ3n) is 2.68. The summed E-state index contributed by atoms with van der Waals surface area (Å²) in [7, 11) is 0. The first-order valence-corrected chi connectivity index (χ1v) is 8.10. The number of nitrogens with zero attached hydrogens (tertiary/aromatic N) is 2. The normalized spacial score (nSPS) is 10.8. The third-order valence-corrected chi connectivity index (χ3v) is 5.41. The summed E-state index contributed by atoms with van der Waals surface area (Å²) in [6, 6.07) is 5.69. The second-order valence-corrected chi connectivity index (χ2v) is 7.53. The van der Waals surface area contributed by atoms with Gasteiger partial charge in [-0.05, 0) is 34.1 Å². The summed E-state index contributed by atoms with van der Waals surface area (Å²) < 4.78 is 1.04. The molecule has 0 saturated heterocycles. The van der Waals surface area contributed by atoms with Gasteiger partial charge in [-0.25, -0.2) is 0 Å². The standard InChI is InChI=1S/C12H9BrN4OS2/c13-8-2-1-6(19-8)5-15-11(18)10-9(14)7-3-4-16-17-12(7)20-10/h1-4H,5,14H2,(H,15,18). The lowest BCUT2D eigenvalue weighted by molar-refractivity contribution is 0.0956. The van der Waals surface area contributed by atoms with Crippen LogP contribution in [-0.2, 0) is 6.54 Å². The molecule has 3 aromatic heterocycles. The molecule has 0 aliphatic carbocycles. The number of thiophene rings is 2. The van der Waals surface area contributed by atoms with Crippen molar-refractivity contribution in [2.24, 2.45) is 0 Å². The van der Waals surface area contributed by atoms with Gasteiger partial charge < -0.3 is 11.1 Å². The molecular formula is C12H9BrN4OS2. The fraction of sp³-hybridized carbons (Fsp3) is 0.0833. The molecule has 20 heavy (non-hydrogen) atoms. The molecule has 1 amide bonds. The fourth-order valence-electron chi connectivity index (χ4n) is 1.74. The number of halogens is 1. The molecule has 3 aromatic rings. The molecular weight excluding hydrogens is 360 g/mol. The third kappa shape index (κ3) is 2.54. The van der Waals surface area contributed by atoms with Gasteiger partial charge in [0, 0.05) is 10.3 Å². The number of fused-ring (bicyclic) bond motifs is 1. The molecule has 0 aliphatic heterocycles. The van der Waals surface area contributed by atoms with E-state index < -0.39 is 0 Å². The number of nitrogens with two attached hydrogens (primary N) is 1. The number of hydrogen-bond acceptors (Lipinski definition) is 6. The summed E-state index contributed by atoms with van der Waals surface area (Å²) >= 11 is 6.23. The molecule has 0 saturated carbocycles. The Balaban J connectivity index is 1.80. The van der Waals surface area contributed by atoms with Crippen LogP contribution in [0.2, 0.25) is 0 Å². The minimum Gasteiger partial charge on any atom is -0.397 e. The Morgan fingerprint density at radius 2 is 2.20 bits per heavy atom. The highest BCUT2D eigenvalue weighted by Crippen LogP contribution is 2.31. The van der Waals surface area contributed by atoms with Crippen LogP contribution in [0.5, 0.6) is 0 Å². The lowest BCUT2D eigenvalue weighted by atomic mass is 10.3. The van der Waals surface area contributed by atoms with Crippen molar-refractivity contribution in [1.29, 1.82) is 0 Å². The number of amides is 1. The summed E-state index contributed by atoms with van der Waals surface area (Å²) in [5.74, 6) is -0.185. The van der Waals surface area contributed by atoms with Crippen molar-refractivity contribution < 1.29 is 4.79 Å². The molecule has 0 radical (unpaired) electrons. The number of nitrogens with one attached hydrogen (secondary N) is 1. The van der Waals surface area contributed by atoms with Crippen LogP contribution >= 0.6 is 38.6 Å². The number of carbonyl (C=O) groups is 1. The Morgan fingerprint density at radius 3 is 2.90 bits per heavy atom. The molecule has 0 unspecified atom stereocenters. The van der Waals surface area contributed by atoms with Gasteiger partial charge in [0.05, 0.1) is 22.2 Å². The monoisotopic (exact) mass is 368 g/mol. The van der Waals surface area contributed by atoms with Gasteiger partial charge in [-0.3, -0.25) is 4.79 Å². The predicted octanol–water partition coefficient (Wildman–Crippen LogP) is 3.03. The molecule has 0 spiro atoms. The lowest BCUT2D eigenvalue weighted by Crippen LogP contribution is -2.22. The Morgan fingerprint density at radius 1 is 1.35 bits per heavy atom. The van der Waals surface area contributed by atoms with Crippen LogP contribution in [0.1, 0.15) is 14.5 Å². The van der Waals surface area contributed by atoms with Crippen molar-refractivity contribution >= 4 is 60.4 Å². The zero-order valence-corrected chi connectivity index (χ0v) is 13.3. The van der Waals surface area contributed by atoms with Crippen LogP contribution in [0.15, 0.2) is 28.2 Å². The zero-order valence-electron chi connectivity index (χ0n) is 10.1. The number of nitrogen functional groups attached to an aromatic ring is 1. The molecule has 0 aliphatic rings. The minimum atomic E-state index is -0.185. The Labute approximate surface area is 131 Å². The van der Waals surface area contributed by atoms with Crippen molar-refractivity contribution in [2.45, 2.75) is 6.54 Å². The van der Waals surface area contributed by atoms with E-state index in [2.05, 4.69) is 31.4 Å². The van der Waals surface area contributed by atoms with Crippen molar-refractivity contribution in [3.63, 3.8) is 0 Å². The quantitative estimate of drug-likeness (QED) is 0.744. The summed E-state index contributed by atoms with van der Waals surface area (Å²) in [5.41, 5.74) is 6.45. The highest BCUT2D eigenvalue weighted by molar-refractivity contribution is 9.11. The van der Waals surface area contributed by atoms with Crippen LogP contribution < -0.4 is 11.1 Å². The molecule has 102 valence electrons. The van der Waals surface area contributed by atoms with Gasteiger partial charge in [-0.1, -0.05) is 0 Å². The maximum absolute atomic E-state index is 12.2. The number of aromatic nitrogens is 2. The van der Waals surface area contributed by atoms with Gasteiger partial charge >= 0.3 is 0 Å². The van der Waals surface area contributed by atoms with Gasteiger partial charge in [-0.15, -0.1) is 27.8 Å². The van der Waals surface area contributed by atoms with Crippen molar-refractivity contribution in [3.8, 4) is 0 Å². The van der Waals surface area contributed by atoms with Crippen molar-refractivity contribution in [3.05, 3.63) is 37.9 Å². The Hall–Kier alpha value is -1.51. The molecule has 0 fully saturated rings. The molecule has 0 aromatic carbocycles. The van der Waals surface area contributed by atoms with E-state index in [9.17, 15) is 4.79 Å². The van der Waals surface area contributed by atoms with Crippen LogP contribution in [0, 0.1) is 0 Å². The number of anilines is 1. The SMILES string of the molecule is Nc1c(C(=O)NCc2ccc(Br)s2)sc2nnccc12. The van der Waals surface area contributed by atoms with Crippen LogP contribution in [0.25, 0.3) is 10.2 Å². The minimum absolute atomic E-state index is 0.185. The first kappa shape index (κ1) is 13.5. The first-order valence-electron chi connectivity index (χ1n) is 5.67. The van der Waals surface area contributed by atoms with Gasteiger partial charge in [0.2, 0.25) is 0 Å². The number of hydrogen-bond donors (Lipinski definition) is 2. The average molecular weight is 369 g/mol. The highest BCUT2D eigenvalue weighted by atomic mass is 79.9. The van der Waals surface area contributed by atoms with E-state index in [1.807, 2.05) is 12.1 Å². The van der Waals surface area contributed by atoms with Crippen LogP contribution in [0.3, 0.4) is 0 Å². The predicted molar refractivity (Wildman–Crippen MR) is 85.0 cm³/mol. The van der Waals surface area contributed by atoms with E-state index in [1.165, 1.54) is 11.3 Å². The lowest BCUT2D eigenvalue weighted by Gasteiger charge is -2.02. The molecule has 3 N–H and O–H groups in total. The van der Waals surface area contributed by atoms with Crippen LogP contribution in [0.4, 0.5) is 5.69 Å². The van der Waals surface area contributed by atoms with E-state index >= 15 is 0 Å². The molecule has 0 bridgehead atoms. The Bertz CT molecular complexity index is 783. The van der Waals surface area contributed by atoms with E-state index in [1.54, 1.807) is 23.6 Å². The summed E-state index contributed by atoms with van der Waals surface area (Å²) in [6.07, 6.45) is 1.57. The van der Waals surface area contributed by atoms with Crippen molar-refractivity contribution in [2.75, 3.05) is 5.73 Å². The van der Waals surface area contributed by atoms with Gasteiger partial charge in [0.1, 0.15) is 9.71 Å². The van der Waals surface area contributed by atoms with E-state index in [-0.39, 0.29) is 5.91 Å². The molecule has 0 atom stereocenters. The maximum Gasteiger partial charge on any atom is 0.263 e. The number of carbonyl (C=O) groups excluding carboxylic acids is 1. The van der Waals surface area contributed by atoms with Gasteiger partial charge in [0.15, 0.2) is 0 Å². The summed E-state index contributed by atoms with van der Waals surface area (Å²) in [5, 5.41) is 11.4. The van der Waals surface area contributed by atoms with E-state index in [0.717, 1.165) is 14.0 Å². The van der Waals surface area contributed by atoms with Crippen LogP contribution in [-0.4, -0.2) is 16.1 Å². The van der Waals surface area contributed by atoms with E-state index in [0.29, 0.717) is 21.9 Å². The second kappa shape index (κ2) is 5.47. The molecule has 3 heterocycles. The topological polar surface area (TPSA) is 80.9 Å². The smallest absolute Gasteiger partial charge is 0.263 e. The average Bonchev–Trinajstić information content (AvgIpc) is 3.01. The first-order chi connectivity index (χ1) is 9.65. The summed E-state index contributed by atoms with van der Waals surface area (Å²) in [6.45, 7) is 0.481. The zero-order chi connectivity index (χ0) is 14.1. The molecule has 5 nitrogen and oxygen atoms in total. The largest absolute Gasteiger partial charge is 0.397 e. The van der Waals surface area contributed by atoms with Gasteiger partial charge in [-0.2, -0.15) is 5.10 Å². The van der Waals surface area contributed by atoms with Crippen molar-refractivity contribution in [1.82, 2.24) is 15.5 Å². The van der Waals surface area contributed by atoms with Gasteiger partial charge in [0.25, 0.3) is 5.91 Å². The highest BCUT2D eigenvalue weighted by Gasteiger charge is 2.17. The Kier molecular flexibility index (Phi) is 3.68. The maximum atomic E-state index is 12.2. The number of rotatable bonds is 3. The van der Waals surface area contributed by atoms with E-state index in [4.69, 9.17) is 5.73 Å².